The summed E-state index contributed by atoms with van der Waals surface area (Å²) in [5.41, 5.74) is 3.54. The third kappa shape index (κ3) is 6.27. The summed E-state index contributed by atoms with van der Waals surface area (Å²) in [5.74, 6) is -0.163. The molecule has 6 heteroatoms. The maximum absolute atomic E-state index is 12.9. The molecule has 2 N–H and O–H groups in total. The summed E-state index contributed by atoms with van der Waals surface area (Å²) in [6.45, 7) is 0.328. The fraction of sp³-hybridized carbons (Fsp3) is 0.174. The van der Waals surface area contributed by atoms with Gasteiger partial charge in [0.1, 0.15) is 0 Å². The van der Waals surface area contributed by atoms with Crippen molar-refractivity contribution in [1.82, 2.24) is 10.0 Å². The van der Waals surface area contributed by atoms with E-state index in [1.54, 1.807) is 12.1 Å². The number of carbonyl (C=O) groups is 1. The molecule has 0 unspecified atom stereocenters. The smallest absolute Gasteiger partial charge is 0.252 e. The van der Waals surface area contributed by atoms with Gasteiger partial charge in [-0.15, -0.1) is 0 Å². The maximum atomic E-state index is 12.9. The van der Waals surface area contributed by atoms with Gasteiger partial charge in [0.25, 0.3) is 5.91 Å². The molecule has 3 aromatic carbocycles. The van der Waals surface area contributed by atoms with Crippen molar-refractivity contribution in [2.24, 2.45) is 0 Å². The van der Waals surface area contributed by atoms with E-state index in [9.17, 15) is 13.2 Å². The van der Waals surface area contributed by atoms with Crippen LogP contribution in [0.1, 0.15) is 33.1 Å². The highest BCUT2D eigenvalue weighted by atomic mass is 32.2. The van der Waals surface area contributed by atoms with Crippen molar-refractivity contribution < 1.29 is 13.2 Å². The second-order valence-electron chi connectivity index (χ2n) is 6.84. The molecule has 0 atom stereocenters. The van der Waals surface area contributed by atoms with Gasteiger partial charge in [-0.2, -0.15) is 0 Å². The largest absolute Gasteiger partial charge is 0.341 e. The lowest BCUT2D eigenvalue weighted by atomic mass is 9.98. The van der Waals surface area contributed by atoms with E-state index in [0.717, 1.165) is 22.9 Å². The Labute approximate surface area is 171 Å². The molecule has 0 saturated carbocycles. The number of carbonyl (C=O) groups excluding carboxylic acids is 1. The molecule has 0 aliphatic carbocycles. The topological polar surface area (TPSA) is 75.3 Å². The lowest BCUT2D eigenvalue weighted by Crippen LogP contribution is -2.29. The minimum atomic E-state index is -3.20. The molecule has 0 aromatic heterocycles. The van der Waals surface area contributed by atoms with Crippen LogP contribution in [-0.4, -0.2) is 27.1 Å². The van der Waals surface area contributed by atoms with Crippen molar-refractivity contribution in [3.8, 4) is 0 Å². The molecule has 29 heavy (non-hydrogen) atoms. The molecule has 0 radical (unpaired) electrons. The molecular weight excluding hydrogens is 384 g/mol. The van der Waals surface area contributed by atoms with Crippen LogP contribution in [0.4, 0.5) is 0 Å². The SMILES string of the molecule is CS(=O)(=O)NCCc1ccc(C(=O)NC(c2ccccc2)c2ccccc2)cc1. The molecule has 0 saturated heterocycles. The third-order valence-electron chi connectivity index (χ3n) is 4.54. The van der Waals surface area contributed by atoms with Crippen LogP contribution in [0.25, 0.3) is 0 Å². The van der Waals surface area contributed by atoms with Crippen LogP contribution in [0.3, 0.4) is 0 Å². The van der Waals surface area contributed by atoms with Gasteiger partial charge in [-0.1, -0.05) is 72.8 Å². The van der Waals surface area contributed by atoms with E-state index < -0.39 is 10.0 Å². The Kier molecular flexibility index (Phi) is 6.80. The third-order valence-corrected chi connectivity index (χ3v) is 5.26. The van der Waals surface area contributed by atoms with Gasteiger partial charge in [-0.05, 0) is 35.2 Å². The van der Waals surface area contributed by atoms with Crippen LogP contribution in [0, 0.1) is 0 Å². The number of hydrogen-bond acceptors (Lipinski definition) is 3. The van der Waals surface area contributed by atoms with Gasteiger partial charge in [-0.25, -0.2) is 13.1 Å². The molecule has 5 nitrogen and oxygen atoms in total. The van der Waals surface area contributed by atoms with Gasteiger partial charge < -0.3 is 5.32 Å². The van der Waals surface area contributed by atoms with E-state index in [0.29, 0.717) is 18.5 Å². The number of amides is 1. The molecule has 150 valence electrons. The number of benzene rings is 3. The van der Waals surface area contributed by atoms with E-state index >= 15 is 0 Å². The van der Waals surface area contributed by atoms with Gasteiger partial charge in [0.15, 0.2) is 0 Å². The monoisotopic (exact) mass is 408 g/mol. The van der Waals surface area contributed by atoms with Crippen molar-refractivity contribution in [3.63, 3.8) is 0 Å². The first-order valence-corrected chi connectivity index (χ1v) is 11.3. The minimum Gasteiger partial charge on any atom is -0.341 e. The summed E-state index contributed by atoms with van der Waals surface area (Å²) < 4.78 is 24.7. The van der Waals surface area contributed by atoms with Gasteiger partial charge in [-0.3, -0.25) is 4.79 Å². The van der Waals surface area contributed by atoms with Gasteiger partial charge in [0, 0.05) is 12.1 Å². The summed E-state index contributed by atoms with van der Waals surface area (Å²) in [7, 11) is -3.20. The number of nitrogens with one attached hydrogen (secondary N) is 2. The van der Waals surface area contributed by atoms with E-state index in [1.807, 2.05) is 72.8 Å². The quantitative estimate of drug-likeness (QED) is 0.601. The van der Waals surface area contributed by atoms with Crippen molar-refractivity contribution in [1.29, 1.82) is 0 Å². The molecule has 0 fully saturated rings. The van der Waals surface area contributed by atoms with E-state index in [2.05, 4.69) is 10.0 Å². The average Bonchev–Trinajstić information content (AvgIpc) is 2.73. The Morgan fingerprint density at radius 1 is 0.828 bits per heavy atom. The van der Waals surface area contributed by atoms with Crippen LogP contribution < -0.4 is 10.0 Å². The molecule has 0 aliphatic heterocycles. The Balaban J connectivity index is 1.71. The zero-order chi connectivity index (χ0) is 20.7. The number of hydrogen-bond donors (Lipinski definition) is 2. The molecular formula is C23H24N2O3S. The average molecular weight is 409 g/mol. The van der Waals surface area contributed by atoms with Crippen LogP contribution >= 0.6 is 0 Å². The van der Waals surface area contributed by atoms with Crippen molar-refractivity contribution in [3.05, 3.63) is 107 Å². The minimum absolute atomic E-state index is 0.163. The zero-order valence-electron chi connectivity index (χ0n) is 16.2. The lowest BCUT2D eigenvalue weighted by molar-refractivity contribution is 0.0943. The molecule has 0 aliphatic rings. The molecule has 3 aromatic rings. The Morgan fingerprint density at radius 3 is 1.83 bits per heavy atom. The summed E-state index contributed by atoms with van der Waals surface area (Å²) in [6, 6.07) is 26.7. The molecule has 3 rings (SSSR count). The van der Waals surface area contributed by atoms with Gasteiger partial charge in [0.05, 0.1) is 12.3 Å². The molecule has 1 amide bonds. The lowest BCUT2D eigenvalue weighted by Gasteiger charge is -2.20. The number of rotatable bonds is 8. The van der Waals surface area contributed by atoms with Gasteiger partial charge in [0.2, 0.25) is 10.0 Å². The normalized spacial score (nSPS) is 11.4. The van der Waals surface area contributed by atoms with Crippen molar-refractivity contribution in [2.75, 3.05) is 12.8 Å². The van der Waals surface area contributed by atoms with Gasteiger partial charge >= 0.3 is 0 Å². The Hall–Kier alpha value is -2.96. The van der Waals surface area contributed by atoms with E-state index in [-0.39, 0.29) is 11.9 Å². The Morgan fingerprint density at radius 2 is 1.34 bits per heavy atom. The van der Waals surface area contributed by atoms with Crippen molar-refractivity contribution >= 4 is 15.9 Å². The summed E-state index contributed by atoms with van der Waals surface area (Å²) in [5, 5.41) is 3.12. The second kappa shape index (κ2) is 9.49. The predicted octanol–water partition coefficient (Wildman–Crippen LogP) is 3.30. The zero-order valence-corrected chi connectivity index (χ0v) is 17.0. The second-order valence-corrected chi connectivity index (χ2v) is 8.67. The fourth-order valence-electron chi connectivity index (χ4n) is 3.07. The predicted molar refractivity (Wildman–Crippen MR) is 115 cm³/mol. The van der Waals surface area contributed by atoms with Crippen LogP contribution in [0.5, 0.6) is 0 Å². The molecule has 0 heterocycles. The standard InChI is InChI=1S/C23H24N2O3S/c1-29(27,28)24-17-16-18-12-14-21(15-13-18)23(26)25-22(19-8-4-2-5-9-19)20-10-6-3-7-11-20/h2-15,22,24H,16-17H2,1H3,(H,25,26). The first-order chi connectivity index (χ1) is 13.9. The maximum Gasteiger partial charge on any atom is 0.252 e. The van der Waals surface area contributed by atoms with Crippen LogP contribution in [0.15, 0.2) is 84.9 Å². The highest BCUT2D eigenvalue weighted by molar-refractivity contribution is 7.88. The molecule has 0 spiro atoms. The van der Waals surface area contributed by atoms with E-state index in [1.165, 1.54) is 0 Å². The van der Waals surface area contributed by atoms with Crippen LogP contribution in [0.2, 0.25) is 0 Å². The summed E-state index contributed by atoms with van der Waals surface area (Å²) in [4.78, 5) is 12.9. The first-order valence-electron chi connectivity index (χ1n) is 9.37. The molecule has 0 bridgehead atoms. The highest BCUT2D eigenvalue weighted by Crippen LogP contribution is 2.22. The summed E-state index contributed by atoms with van der Waals surface area (Å²) >= 11 is 0. The van der Waals surface area contributed by atoms with Crippen molar-refractivity contribution in [2.45, 2.75) is 12.5 Å². The van der Waals surface area contributed by atoms with E-state index in [4.69, 9.17) is 0 Å². The summed E-state index contributed by atoms with van der Waals surface area (Å²) in [6.07, 6.45) is 1.70. The fourth-order valence-corrected chi connectivity index (χ4v) is 3.54. The first kappa shape index (κ1) is 20.8. The van der Waals surface area contributed by atoms with Crippen LogP contribution in [-0.2, 0) is 16.4 Å². The highest BCUT2D eigenvalue weighted by Gasteiger charge is 2.17. The Bertz CT molecular complexity index is 995. The number of sulfonamides is 1.